The highest BCUT2D eigenvalue weighted by Crippen LogP contribution is 2.56. The summed E-state index contributed by atoms with van der Waals surface area (Å²) < 4.78 is 78.9. The lowest BCUT2D eigenvalue weighted by molar-refractivity contribution is -0.138. The molecule has 0 atom stereocenters. The Morgan fingerprint density at radius 3 is 1.41 bits per heavy atom. The van der Waals surface area contributed by atoms with E-state index in [9.17, 15) is 26.3 Å². The lowest BCUT2D eigenvalue weighted by Gasteiger charge is -2.07. The van der Waals surface area contributed by atoms with E-state index in [1.54, 1.807) is 0 Å². The molecule has 0 bridgehead atoms. The summed E-state index contributed by atoms with van der Waals surface area (Å²) in [6, 6.07) is 15.8. The van der Waals surface area contributed by atoms with Crippen LogP contribution in [0.2, 0.25) is 0 Å². The van der Waals surface area contributed by atoms with Gasteiger partial charge < -0.3 is 0 Å². The first-order valence-corrected chi connectivity index (χ1v) is 9.28. The van der Waals surface area contributed by atoms with Crippen molar-refractivity contribution in [3.05, 3.63) is 77.9 Å². The molecular formula is C20H11F6P. The topological polar surface area (TPSA) is 0 Å². The van der Waals surface area contributed by atoms with E-state index in [0.717, 1.165) is 29.6 Å². The fourth-order valence-corrected chi connectivity index (χ4v) is 5.82. The van der Waals surface area contributed by atoms with Crippen molar-refractivity contribution in [1.29, 1.82) is 0 Å². The quantitative estimate of drug-likeness (QED) is 0.286. The molecule has 0 aliphatic carbocycles. The number of benzene rings is 3. The van der Waals surface area contributed by atoms with Gasteiger partial charge in [-0.15, -0.1) is 0 Å². The van der Waals surface area contributed by atoms with Crippen molar-refractivity contribution < 1.29 is 26.3 Å². The van der Waals surface area contributed by atoms with Gasteiger partial charge in [0.05, 0.1) is 11.1 Å². The Bertz CT molecular complexity index is 1070. The largest absolute Gasteiger partial charge is 0.416 e. The lowest BCUT2D eigenvalue weighted by Crippen LogP contribution is -2.04. The molecule has 7 heteroatoms. The second-order valence-corrected chi connectivity index (χ2v) is 8.28. The molecule has 4 aromatic rings. The third-order valence-electron chi connectivity index (χ3n) is 4.43. The number of halogens is 6. The maximum atomic E-state index is 13.1. The summed E-state index contributed by atoms with van der Waals surface area (Å²) in [7, 11) is -1.20. The van der Waals surface area contributed by atoms with Crippen LogP contribution in [-0.4, -0.2) is 0 Å². The molecule has 0 fully saturated rings. The molecule has 0 saturated heterocycles. The van der Waals surface area contributed by atoms with Crippen LogP contribution in [0.3, 0.4) is 0 Å². The minimum Gasteiger partial charge on any atom is -0.166 e. The average molecular weight is 396 g/mol. The molecular weight excluding hydrogens is 385 g/mol. The summed E-state index contributed by atoms with van der Waals surface area (Å²) in [6.45, 7) is 0. The van der Waals surface area contributed by atoms with Gasteiger partial charge in [0.15, 0.2) is 0 Å². The Morgan fingerprint density at radius 1 is 0.556 bits per heavy atom. The minimum absolute atomic E-state index is 0.223. The maximum absolute atomic E-state index is 13.1. The Balaban J connectivity index is 2.13. The van der Waals surface area contributed by atoms with E-state index in [4.69, 9.17) is 0 Å². The van der Waals surface area contributed by atoms with Gasteiger partial charge in [-0.05, 0) is 52.5 Å². The summed E-state index contributed by atoms with van der Waals surface area (Å²) in [5, 5.41) is 2.60. The second kappa shape index (κ2) is 6.03. The van der Waals surface area contributed by atoms with Crippen molar-refractivity contribution in [2.75, 3.05) is 0 Å². The Morgan fingerprint density at radius 2 is 1.00 bits per heavy atom. The van der Waals surface area contributed by atoms with Crippen molar-refractivity contribution in [2.45, 2.75) is 12.4 Å². The molecule has 0 saturated carbocycles. The minimum atomic E-state index is -4.56. The van der Waals surface area contributed by atoms with E-state index in [0.29, 0.717) is 10.2 Å². The predicted molar refractivity (Wildman–Crippen MR) is 95.5 cm³/mol. The van der Waals surface area contributed by atoms with Gasteiger partial charge in [0, 0.05) is 10.2 Å². The normalized spacial score (nSPS) is 12.8. The molecule has 0 N–H and O–H groups in total. The summed E-state index contributed by atoms with van der Waals surface area (Å²) in [6.07, 6.45) is -9.12. The number of hydrogen-bond acceptors (Lipinski definition) is 0. The molecule has 1 heterocycles. The Labute approximate surface area is 151 Å². The summed E-state index contributed by atoms with van der Waals surface area (Å²) in [4.78, 5) is 0. The highest BCUT2D eigenvalue weighted by molar-refractivity contribution is 7.67. The fourth-order valence-electron chi connectivity index (χ4n) is 3.23. The molecule has 0 aliphatic heterocycles. The van der Waals surface area contributed by atoms with Gasteiger partial charge in [-0.1, -0.05) is 37.9 Å². The Kier molecular flexibility index (Phi) is 4.00. The number of fused-ring (bicyclic) bond motifs is 3. The van der Waals surface area contributed by atoms with E-state index >= 15 is 0 Å². The van der Waals surface area contributed by atoms with E-state index in [1.165, 1.54) is 12.1 Å². The third-order valence-corrected chi connectivity index (χ3v) is 6.99. The molecule has 27 heavy (non-hydrogen) atoms. The summed E-state index contributed by atoms with van der Waals surface area (Å²) >= 11 is 0. The van der Waals surface area contributed by atoms with E-state index in [-0.39, 0.29) is 10.8 Å². The summed E-state index contributed by atoms with van der Waals surface area (Å²) in [5.41, 5.74) is -1.73. The van der Waals surface area contributed by atoms with Crippen molar-refractivity contribution in [2.24, 2.45) is 0 Å². The van der Waals surface area contributed by atoms with Crippen LogP contribution in [0.1, 0.15) is 11.1 Å². The molecule has 0 spiro atoms. The van der Waals surface area contributed by atoms with E-state index < -0.39 is 31.0 Å². The maximum Gasteiger partial charge on any atom is 0.416 e. The van der Waals surface area contributed by atoms with Gasteiger partial charge >= 0.3 is 12.4 Å². The highest BCUT2D eigenvalue weighted by Gasteiger charge is 2.33. The molecule has 3 aromatic carbocycles. The van der Waals surface area contributed by atoms with Gasteiger partial charge in [-0.25, -0.2) is 0 Å². The zero-order chi connectivity index (χ0) is 19.4. The predicted octanol–water partition coefficient (Wildman–Crippen LogP) is 8.01. The van der Waals surface area contributed by atoms with Crippen molar-refractivity contribution >= 4 is 28.5 Å². The van der Waals surface area contributed by atoms with Crippen molar-refractivity contribution in [1.82, 2.24) is 0 Å². The van der Waals surface area contributed by atoms with Crippen LogP contribution < -0.4 is 0 Å². The number of rotatable bonds is 1. The molecule has 0 amide bonds. The summed E-state index contributed by atoms with van der Waals surface area (Å²) in [5.74, 6) is 0. The zero-order valence-corrected chi connectivity index (χ0v) is 14.5. The molecule has 0 radical (unpaired) electrons. The van der Waals surface area contributed by atoms with Crippen LogP contribution in [0.5, 0.6) is 0 Å². The third kappa shape index (κ3) is 3.08. The van der Waals surface area contributed by atoms with Crippen molar-refractivity contribution in [3.63, 3.8) is 0 Å². The van der Waals surface area contributed by atoms with Gasteiger partial charge in [0.1, 0.15) is 0 Å². The standard InChI is InChI=1S/C20H11F6P/c21-19(22,23)12-6-8-17-15(10-12)16-11-13(20(24,25)26)7-9-18(16)27(17)14-4-2-1-3-5-14/h1-11H. The molecule has 138 valence electrons. The van der Waals surface area contributed by atoms with Crippen LogP contribution in [0.15, 0.2) is 66.7 Å². The van der Waals surface area contributed by atoms with Crippen LogP contribution in [-0.2, 0) is 12.4 Å². The molecule has 0 unspecified atom stereocenters. The van der Waals surface area contributed by atoms with Gasteiger partial charge in [0.25, 0.3) is 0 Å². The highest BCUT2D eigenvalue weighted by atomic mass is 31.1. The second-order valence-electron chi connectivity index (χ2n) is 6.13. The van der Waals surface area contributed by atoms with Crippen LogP contribution in [0, 0.1) is 0 Å². The van der Waals surface area contributed by atoms with E-state index in [2.05, 4.69) is 0 Å². The lowest BCUT2D eigenvalue weighted by atomic mass is 10.1. The fraction of sp³-hybridized carbons (Fsp3) is 0.100. The first kappa shape index (κ1) is 17.9. The first-order valence-electron chi connectivity index (χ1n) is 7.94. The van der Waals surface area contributed by atoms with Crippen molar-refractivity contribution in [3.8, 4) is 5.30 Å². The van der Waals surface area contributed by atoms with Crippen LogP contribution in [0.25, 0.3) is 26.3 Å². The first-order chi connectivity index (χ1) is 12.7. The SMILES string of the molecule is FC(F)(F)c1ccc2c(c1)c1cc(C(F)(F)F)ccc1p2-c1ccccc1. The molecule has 0 nitrogen and oxygen atoms in total. The smallest absolute Gasteiger partial charge is 0.166 e. The Hall–Kier alpha value is -2.46. The monoisotopic (exact) mass is 396 g/mol. The van der Waals surface area contributed by atoms with Gasteiger partial charge in [-0.3, -0.25) is 0 Å². The molecule has 0 aliphatic rings. The molecule has 1 aromatic heterocycles. The van der Waals surface area contributed by atoms with Gasteiger partial charge in [-0.2, -0.15) is 26.3 Å². The van der Waals surface area contributed by atoms with E-state index in [1.807, 2.05) is 30.3 Å². The van der Waals surface area contributed by atoms with Crippen LogP contribution >= 0.6 is 7.53 Å². The number of hydrogen-bond donors (Lipinski definition) is 0. The van der Waals surface area contributed by atoms with Crippen LogP contribution in [0.4, 0.5) is 26.3 Å². The van der Waals surface area contributed by atoms with Gasteiger partial charge in [0.2, 0.25) is 0 Å². The average Bonchev–Trinajstić information content (AvgIpc) is 2.94. The zero-order valence-electron chi connectivity index (χ0n) is 13.6. The molecule has 4 rings (SSSR count). The number of alkyl halides is 6.